The summed E-state index contributed by atoms with van der Waals surface area (Å²) in [5, 5.41) is 7.55. The van der Waals surface area contributed by atoms with Gasteiger partial charge in [0.25, 0.3) is 5.89 Å². The highest BCUT2D eigenvalue weighted by molar-refractivity contribution is 6.33. The van der Waals surface area contributed by atoms with E-state index in [4.69, 9.17) is 20.9 Å². The lowest BCUT2D eigenvalue weighted by molar-refractivity contribution is 0.140. The van der Waals surface area contributed by atoms with Gasteiger partial charge in [-0.3, -0.25) is 4.90 Å². The fourth-order valence-electron chi connectivity index (χ4n) is 3.31. The highest BCUT2D eigenvalue weighted by Gasteiger charge is 2.23. The molecule has 0 radical (unpaired) electrons. The molecule has 1 aliphatic heterocycles. The summed E-state index contributed by atoms with van der Waals surface area (Å²) in [5.41, 5.74) is 1.38. The van der Waals surface area contributed by atoms with E-state index in [2.05, 4.69) is 20.4 Å². The smallest absolute Gasteiger partial charge is 0.322 e. The number of anilines is 1. The van der Waals surface area contributed by atoms with Crippen molar-refractivity contribution < 1.29 is 14.1 Å². The fourth-order valence-corrected chi connectivity index (χ4v) is 3.53. The van der Waals surface area contributed by atoms with Gasteiger partial charge in [0.1, 0.15) is 5.75 Å². The first kappa shape index (κ1) is 20.2. The lowest BCUT2D eigenvalue weighted by Gasteiger charge is -2.34. The largest absolute Gasteiger partial charge is 0.495 e. The van der Waals surface area contributed by atoms with Crippen LogP contribution in [0.2, 0.25) is 5.02 Å². The second-order valence-corrected chi connectivity index (χ2v) is 7.30. The van der Waals surface area contributed by atoms with Crippen LogP contribution in [-0.4, -0.2) is 59.3 Å². The Balaban J connectivity index is 1.31. The van der Waals surface area contributed by atoms with E-state index in [1.54, 1.807) is 18.1 Å². The van der Waals surface area contributed by atoms with Crippen LogP contribution in [0.15, 0.2) is 53.1 Å². The molecule has 0 bridgehead atoms. The number of ether oxygens (including phenoxy) is 1. The molecule has 1 fully saturated rings. The third-order valence-electron chi connectivity index (χ3n) is 4.95. The van der Waals surface area contributed by atoms with E-state index in [9.17, 15) is 4.79 Å². The number of para-hydroxylation sites is 2. The van der Waals surface area contributed by atoms with Crippen molar-refractivity contribution in [2.45, 2.75) is 6.54 Å². The van der Waals surface area contributed by atoms with Crippen molar-refractivity contribution in [3.05, 3.63) is 59.4 Å². The van der Waals surface area contributed by atoms with E-state index in [0.29, 0.717) is 47.8 Å². The number of hydrogen-bond acceptors (Lipinski definition) is 6. The predicted octanol–water partition coefficient (Wildman–Crippen LogP) is 3.75. The van der Waals surface area contributed by atoms with E-state index < -0.39 is 0 Å². The van der Waals surface area contributed by atoms with Gasteiger partial charge in [0.05, 0.1) is 29.9 Å². The number of nitrogens with zero attached hydrogens (tertiary/aromatic N) is 4. The Hall–Kier alpha value is -3.10. The van der Waals surface area contributed by atoms with Crippen LogP contribution in [0.3, 0.4) is 0 Å². The van der Waals surface area contributed by atoms with Gasteiger partial charge in [-0.2, -0.15) is 4.98 Å². The minimum Gasteiger partial charge on any atom is -0.495 e. The third kappa shape index (κ3) is 4.55. The van der Waals surface area contributed by atoms with Crippen LogP contribution in [0, 0.1) is 0 Å². The monoisotopic (exact) mass is 427 g/mol. The van der Waals surface area contributed by atoms with Crippen molar-refractivity contribution in [3.8, 4) is 17.2 Å². The quantitative estimate of drug-likeness (QED) is 0.667. The first-order chi connectivity index (χ1) is 14.6. The topological polar surface area (TPSA) is 83.7 Å². The predicted molar refractivity (Wildman–Crippen MR) is 114 cm³/mol. The van der Waals surface area contributed by atoms with Gasteiger partial charge in [0, 0.05) is 26.2 Å². The molecular weight excluding hydrogens is 406 g/mol. The van der Waals surface area contributed by atoms with Gasteiger partial charge in [0.2, 0.25) is 0 Å². The van der Waals surface area contributed by atoms with Crippen LogP contribution in [-0.2, 0) is 6.54 Å². The maximum atomic E-state index is 12.6. The number of carbonyl (C=O) groups excluding carboxylic acids is 1. The maximum Gasteiger partial charge on any atom is 0.322 e. The van der Waals surface area contributed by atoms with E-state index in [-0.39, 0.29) is 6.03 Å². The average Bonchev–Trinajstić information content (AvgIpc) is 3.23. The van der Waals surface area contributed by atoms with Crippen LogP contribution in [0.5, 0.6) is 5.75 Å². The molecule has 0 atom stereocenters. The number of methoxy groups -OCH3 is 1. The molecule has 0 unspecified atom stereocenters. The maximum absolute atomic E-state index is 12.6. The van der Waals surface area contributed by atoms with E-state index in [1.165, 1.54) is 0 Å². The van der Waals surface area contributed by atoms with Gasteiger partial charge in [0.15, 0.2) is 5.82 Å². The molecule has 30 heavy (non-hydrogen) atoms. The molecule has 4 rings (SSSR count). The van der Waals surface area contributed by atoms with E-state index in [0.717, 1.165) is 18.7 Å². The van der Waals surface area contributed by atoms with Crippen molar-refractivity contribution >= 4 is 23.3 Å². The van der Waals surface area contributed by atoms with Gasteiger partial charge in [-0.05, 0) is 24.3 Å². The summed E-state index contributed by atoms with van der Waals surface area (Å²) in [4.78, 5) is 21.0. The molecule has 3 aromatic rings. The Morgan fingerprint density at radius 3 is 2.63 bits per heavy atom. The molecular formula is C21H22ClN5O3. The molecule has 1 N–H and O–H groups in total. The lowest BCUT2D eigenvalue weighted by Crippen LogP contribution is -2.49. The Kier molecular flexibility index (Phi) is 6.15. The molecule has 1 saturated heterocycles. The Morgan fingerprint density at radius 1 is 1.13 bits per heavy atom. The van der Waals surface area contributed by atoms with Gasteiger partial charge in [-0.25, -0.2) is 4.79 Å². The van der Waals surface area contributed by atoms with Crippen molar-refractivity contribution in [3.63, 3.8) is 0 Å². The number of nitrogens with one attached hydrogen (secondary N) is 1. The number of halogens is 1. The number of piperazine rings is 1. The molecule has 2 heterocycles. The lowest BCUT2D eigenvalue weighted by atomic mass is 10.2. The van der Waals surface area contributed by atoms with E-state index >= 15 is 0 Å². The van der Waals surface area contributed by atoms with Crippen LogP contribution in [0.25, 0.3) is 11.5 Å². The SMILES string of the molecule is COc1ccccc1NC(=O)N1CCN(Cc2noc(-c3ccccc3Cl)n2)CC1. The van der Waals surface area contributed by atoms with Gasteiger partial charge in [-0.15, -0.1) is 0 Å². The molecule has 1 aromatic heterocycles. The highest BCUT2D eigenvalue weighted by atomic mass is 35.5. The number of amides is 2. The molecule has 8 nitrogen and oxygen atoms in total. The summed E-state index contributed by atoms with van der Waals surface area (Å²) in [6, 6.07) is 14.6. The zero-order valence-corrected chi connectivity index (χ0v) is 17.3. The van der Waals surface area contributed by atoms with Gasteiger partial charge >= 0.3 is 6.03 Å². The fraction of sp³-hybridized carbons (Fsp3) is 0.286. The summed E-state index contributed by atoms with van der Waals surface area (Å²) in [7, 11) is 1.58. The summed E-state index contributed by atoms with van der Waals surface area (Å²) in [6.07, 6.45) is 0. The number of urea groups is 1. The van der Waals surface area contributed by atoms with Crippen molar-refractivity contribution in [1.82, 2.24) is 19.9 Å². The van der Waals surface area contributed by atoms with Crippen LogP contribution in [0.4, 0.5) is 10.5 Å². The zero-order chi connectivity index (χ0) is 20.9. The molecule has 0 saturated carbocycles. The number of rotatable bonds is 5. The number of aromatic nitrogens is 2. The number of benzene rings is 2. The first-order valence-corrected chi connectivity index (χ1v) is 10.0. The Morgan fingerprint density at radius 2 is 1.87 bits per heavy atom. The van der Waals surface area contributed by atoms with Crippen LogP contribution in [0.1, 0.15) is 5.82 Å². The molecule has 1 aliphatic rings. The third-order valence-corrected chi connectivity index (χ3v) is 5.28. The number of carbonyl (C=O) groups is 1. The molecule has 9 heteroatoms. The first-order valence-electron chi connectivity index (χ1n) is 9.63. The molecule has 2 amide bonds. The minimum atomic E-state index is -0.139. The molecule has 2 aromatic carbocycles. The van der Waals surface area contributed by atoms with Gasteiger partial charge in [-0.1, -0.05) is 41.0 Å². The summed E-state index contributed by atoms with van der Waals surface area (Å²) in [6.45, 7) is 3.20. The molecule has 0 spiro atoms. The summed E-state index contributed by atoms with van der Waals surface area (Å²) < 4.78 is 10.6. The molecule has 156 valence electrons. The Bertz CT molecular complexity index is 1020. The average molecular weight is 428 g/mol. The normalized spacial score (nSPS) is 14.5. The second kappa shape index (κ2) is 9.15. The number of hydrogen-bond donors (Lipinski definition) is 1. The van der Waals surface area contributed by atoms with Crippen molar-refractivity contribution in [2.75, 3.05) is 38.6 Å². The van der Waals surface area contributed by atoms with Crippen LogP contribution >= 0.6 is 11.6 Å². The minimum absolute atomic E-state index is 0.139. The Labute approximate surface area is 179 Å². The van der Waals surface area contributed by atoms with Crippen molar-refractivity contribution in [1.29, 1.82) is 0 Å². The van der Waals surface area contributed by atoms with E-state index in [1.807, 2.05) is 42.5 Å². The highest BCUT2D eigenvalue weighted by Crippen LogP contribution is 2.26. The van der Waals surface area contributed by atoms with Crippen LogP contribution < -0.4 is 10.1 Å². The van der Waals surface area contributed by atoms with Crippen molar-refractivity contribution in [2.24, 2.45) is 0 Å². The standard InChI is InChI=1S/C21H22ClN5O3/c1-29-18-9-5-4-8-17(18)23-21(28)27-12-10-26(11-13-27)14-19-24-20(30-25-19)15-6-2-3-7-16(15)22/h2-9H,10-14H2,1H3,(H,23,28). The second-order valence-electron chi connectivity index (χ2n) is 6.89. The van der Waals surface area contributed by atoms with Gasteiger partial charge < -0.3 is 19.5 Å². The zero-order valence-electron chi connectivity index (χ0n) is 16.5. The summed E-state index contributed by atoms with van der Waals surface area (Å²) >= 11 is 6.19. The summed E-state index contributed by atoms with van der Waals surface area (Å²) in [5.74, 6) is 1.64. The molecule has 0 aliphatic carbocycles.